The first-order chi connectivity index (χ1) is 86.5. The third kappa shape index (κ3) is 29.1. The summed E-state index contributed by atoms with van der Waals surface area (Å²) >= 11 is 2.11. The first-order valence-electron chi connectivity index (χ1n) is 66.6. The molecule has 3 aliphatic carbocycles. The van der Waals surface area contributed by atoms with Crippen molar-refractivity contribution in [1.29, 1.82) is 0 Å². The van der Waals surface area contributed by atoms with E-state index in [4.69, 9.17) is 52.1 Å². The smallest absolute Gasteiger partial charge is 0.336 e. The second-order valence-electron chi connectivity index (χ2n) is 31.5. The van der Waals surface area contributed by atoms with Gasteiger partial charge in [0.15, 0.2) is 15.5 Å². The monoisotopic (exact) mass is 2090 g/mol. The van der Waals surface area contributed by atoms with Crippen LogP contribution in [0.5, 0.6) is 0 Å². The maximum Gasteiger partial charge on any atom is 0.416 e. The van der Waals surface area contributed by atoms with E-state index < -0.39 is 421 Å². The number of likely N-dealkylation sites (N-methyl/N-ethyl adjacent to an activating group) is 3. The lowest BCUT2D eigenvalue weighted by Crippen LogP contribution is -2.42. The van der Waals surface area contributed by atoms with Crippen molar-refractivity contribution in [2.24, 2.45) is 5.89 Å². The Bertz CT molecular complexity index is 9040. The third-order valence-corrected chi connectivity index (χ3v) is 25.1. The van der Waals surface area contributed by atoms with Crippen molar-refractivity contribution in [3.63, 3.8) is 0 Å². The molecule has 0 N–H and O–H groups in total. The minimum atomic E-state index is -5.44. The SMILES string of the molecule is [2H]C(C)(c1ccc(-c2ccc(C(F)(F)F)cc2)cc1)N(C(=O)Cn1c(SCc2ccc(F)cc2)nc(=O)c2c1CCC2)C([2H])([2H])C([2H])([2H])N(CC)CC.[2H]c1c([2H])c(CSc2nc(=O)c3c(n2CC(=O)N(CCN(C([2H])([2H])C)C([2H])([2H])C)C([2H])([2H])c2c([2H])c([2H])c(-c4c([2H])c([2H])c(C(F)(F)F)c(C)c4[2H])c([2H])c2[2H])CCC3)c([2H])c([2H])c1F.[2H]c1c([2H])c(CSc2nc(=O)c3c(n2CC(=O)N(CCN(C([2H])([2H])C)C([2H])([2H])C)C([2H])([2H])c2c([2H])c([2H])c(-c4c([2H])c([2H])c(C(F)(F)F)c([2H])c4[2H])c([2H])c2[2H])C([2H])([2H])C([2H])(C)C3([2H])[2H])c([2H])c([2H])c1F. The molecule has 9 aromatic carbocycles. The predicted octanol–water partition coefficient (Wildman–Crippen LogP) is 22.8. The van der Waals surface area contributed by atoms with Gasteiger partial charge in [-0.15, -0.1) is 0 Å². The molecule has 762 valence electrons. The Morgan fingerprint density at radius 2 is 0.833 bits per heavy atom. The van der Waals surface area contributed by atoms with Gasteiger partial charge < -0.3 is 43.1 Å². The fraction of sp³-hybridized carbons (Fsp3) is 0.378. The molecule has 0 bridgehead atoms. The molecule has 33 heteroatoms. The minimum Gasteiger partial charge on any atom is -0.336 e. The molecule has 0 aliphatic heterocycles. The van der Waals surface area contributed by atoms with E-state index in [0.29, 0.717) is 95.8 Å². The largest absolute Gasteiger partial charge is 0.416 e. The quantitative estimate of drug-likeness (QED) is 0.0202. The molecule has 0 saturated carbocycles. The summed E-state index contributed by atoms with van der Waals surface area (Å²) in [6.45, 7) is -19.9. The van der Waals surface area contributed by atoms with Gasteiger partial charge in [0.25, 0.3) is 16.7 Å². The molecule has 3 aliphatic rings. The predicted molar refractivity (Wildman–Crippen MR) is 544 cm³/mol. The van der Waals surface area contributed by atoms with Crippen LogP contribution >= 0.6 is 35.3 Å². The Labute approximate surface area is 908 Å². The number of benzene rings is 9. The molecule has 0 spiro atoms. The number of hydrogen-bond donors (Lipinski definition) is 0. The number of carbonyl (C=O) groups excluding carboxylic acids is 3. The molecule has 0 saturated heterocycles. The topological polar surface area (TPSA) is 175 Å². The summed E-state index contributed by atoms with van der Waals surface area (Å²) in [7, 11) is 0. The highest BCUT2D eigenvalue weighted by Gasteiger charge is 2.36. The van der Waals surface area contributed by atoms with Gasteiger partial charge in [0.05, 0.1) is 63.8 Å². The van der Waals surface area contributed by atoms with Crippen molar-refractivity contribution in [2.75, 3.05) is 78.2 Å². The van der Waals surface area contributed by atoms with Gasteiger partial charge in [-0.25, -0.2) is 13.2 Å². The van der Waals surface area contributed by atoms with Gasteiger partial charge in [0.2, 0.25) is 17.7 Å². The molecule has 144 heavy (non-hydrogen) atoms. The number of thioether (sulfide) groups is 3. The lowest BCUT2D eigenvalue weighted by atomic mass is 9.98. The molecule has 0 radical (unpaired) electrons. The van der Waals surface area contributed by atoms with Crippen LogP contribution in [0.25, 0.3) is 33.4 Å². The number of carbonyl (C=O) groups is 3. The number of fused-ring (bicyclic) bond motifs is 3. The van der Waals surface area contributed by atoms with Crippen LogP contribution in [0, 0.1) is 30.3 Å². The Hall–Kier alpha value is -11.9. The molecule has 3 heterocycles. The van der Waals surface area contributed by atoms with Gasteiger partial charge in [0.1, 0.15) is 37.1 Å². The summed E-state index contributed by atoms with van der Waals surface area (Å²) in [6.07, 6.45) is -19.3. The second-order valence-corrected chi connectivity index (χ2v) is 34.3. The number of aromatic nitrogens is 6. The number of rotatable bonds is 39. The van der Waals surface area contributed by atoms with Crippen LogP contribution in [0.4, 0.5) is 52.7 Å². The van der Waals surface area contributed by atoms with Crippen molar-refractivity contribution in [3.8, 4) is 33.4 Å². The molecule has 2 atom stereocenters. The van der Waals surface area contributed by atoms with E-state index in [1.54, 1.807) is 42.7 Å². The third-order valence-electron chi connectivity index (χ3n) is 22.0. The van der Waals surface area contributed by atoms with Gasteiger partial charge in [-0.05, 0) is 249 Å². The highest BCUT2D eigenvalue weighted by molar-refractivity contribution is 7.98. The first kappa shape index (κ1) is 63.5. The number of nitrogens with zero attached hydrogens (tertiary/aromatic N) is 12. The summed E-state index contributed by atoms with van der Waals surface area (Å²) < 4.78 is 555. The van der Waals surface area contributed by atoms with Gasteiger partial charge in [-0.3, -0.25) is 28.8 Å². The van der Waals surface area contributed by atoms with Crippen molar-refractivity contribution in [1.82, 2.24) is 58.1 Å². The number of amides is 3. The Morgan fingerprint density at radius 1 is 0.438 bits per heavy atom. The van der Waals surface area contributed by atoms with E-state index in [9.17, 15) is 86.3 Å². The van der Waals surface area contributed by atoms with Gasteiger partial charge in [-0.2, -0.15) is 54.5 Å². The van der Waals surface area contributed by atoms with Crippen LogP contribution in [0.1, 0.15) is 225 Å². The maximum absolute atomic E-state index is 15.0. The second kappa shape index (κ2) is 50.3. The first-order valence-corrected chi connectivity index (χ1v) is 47.1. The molecule has 15 rings (SSSR count). The summed E-state index contributed by atoms with van der Waals surface area (Å²) in [5.41, 5.74) is -14.3. The van der Waals surface area contributed by atoms with Crippen LogP contribution < -0.4 is 16.7 Å². The summed E-state index contributed by atoms with van der Waals surface area (Å²) in [5, 5.41) is -0.843. The van der Waals surface area contributed by atoms with Crippen molar-refractivity contribution in [3.05, 3.63) is 350 Å². The van der Waals surface area contributed by atoms with Crippen LogP contribution in [0.15, 0.2) is 242 Å². The Morgan fingerprint density at radius 3 is 1.26 bits per heavy atom. The normalized spacial score (nSPS) is 20.3. The van der Waals surface area contributed by atoms with Crippen LogP contribution in [-0.2, 0) is 121 Å². The fourth-order valence-electron chi connectivity index (χ4n) is 14.6. The zero-order valence-corrected chi connectivity index (χ0v) is 80.7. The maximum atomic E-state index is 15.0. The Balaban J connectivity index is 0.000000231. The van der Waals surface area contributed by atoms with E-state index in [0.717, 1.165) is 71.0 Å². The van der Waals surface area contributed by atoms with Crippen molar-refractivity contribution >= 4 is 53.0 Å². The van der Waals surface area contributed by atoms with Crippen LogP contribution in [0.2, 0.25) is 0 Å². The lowest BCUT2D eigenvalue weighted by Gasteiger charge is -2.33. The zero-order valence-electron chi connectivity index (χ0n) is 123. The summed E-state index contributed by atoms with van der Waals surface area (Å²) in [6, 6.07) is -13.7. The van der Waals surface area contributed by atoms with E-state index >= 15 is 4.79 Å². The van der Waals surface area contributed by atoms with Crippen LogP contribution in [0.3, 0.4) is 0 Å². The summed E-state index contributed by atoms with van der Waals surface area (Å²) in [4.78, 5) is 100.0. The standard InChI is InChI=1S/3C37H40F4N4O2S/c1-4-43(5-2)18-19-44(22-26-6-10-28(11-7-26)29-12-14-30(15-13-29)37(39,40)41)34(46)23-45-33-21-25(3)20-32(33)35(47)42-36(45)48-24-27-8-16-31(38)17-9-27;1-4-43(5-2)21-22-44(25(3)27-11-13-28(14-12-27)29-15-17-30(18-16-29)37(39,40)41)34(46)23-45-33-8-6-7-32(33)35(47)42-36(45)48-24-26-9-19-31(38)20-10-26;1-4-43(5-2)19-20-44(22-26-9-13-28(14-10-26)29-15-18-32(25(3)21-29)37(39,40)41)34(46)23-45-33-8-6-7-31(33)35(47)42-36(45)48-24-27-11-16-30(38)17-12-27/h6-17,25H,4-5,18-24H2,1-3H3;9-20,25H,4-8,21-24H2,1-3H3;9-18,21H,4-8,19-20,22-24H2,1-3H3/i4D2,5D2,6D,7D,8D,9D,10D,11D,12D,13D,14D,15D,16D,17D,20D2,21D2,22D2,25D;21D2,22D2,25D;4D2,5D2,9D,10D,11D,12D,13D,14D,15D,16D,17D,18D,21D,22D2. The lowest BCUT2D eigenvalue weighted by molar-refractivity contribution is -0.138. The molecule has 12 aromatic rings. The fourth-order valence-corrected chi connectivity index (χ4v) is 17.3. The highest BCUT2D eigenvalue weighted by Crippen LogP contribution is 2.39. The van der Waals surface area contributed by atoms with E-state index in [2.05, 4.69) is 15.0 Å². The van der Waals surface area contributed by atoms with Crippen molar-refractivity contribution < 1.29 is 129 Å². The molecule has 0 fully saturated rings. The van der Waals surface area contributed by atoms with E-state index in [-0.39, 0.29) is 69.3 Å². The Kier molecular flexibility index (Phi) is 22.2. The van der Waals surface area contributed by atoms with Crippen LogP contribution in [-0.4, -0.2) is 154 Å². The minimum absolute atomic E-state index is 0.100. The van der Waals surface area contributed by atoms with Gasteiger partial charge in [0, 0.05) is 124 Å². The van der Waals surface area contributed by atoms with Gasteiger partial charge in [-0.1, -0.05) is 229 Å². The van der Waals surface area contributed by atoms with Crippen molar-refractivity contribution in [2.45, 2.75) is 203 Å². The highest BCUT2D eigenvalue weighted by atomic mass is 32.2. The molecule has 3 aromatic heterocycles. The van der Waals surface area contributed by atoms with E-state index in [1.807, 2.05) is 0 Å². The average Bonchev–Trinajstić information content (AvgIpc) is 1.52. The average molecular weight is 2090 g/mol. The molecule has 3 amide bonds. The number of hydrogen-bond acceptors (Lipinski definition) is 15. The molecular weight excluding hydrogens is 1920 g/mol. The molecule has 2 unspecified atom stereocenters. The molecule has 18 nitrogen and oxygen atoms in total. The molecular formula is C111H120F12N12O6S3. The summed E-state index contributed by atoms with van der Waals surface area (Å²) in [5.74, 6) is -11.0. The number of halogens is 12. The zero-order chi connectivity index (χ0) is 143. The number of alkyl halides is 9. The van der Waals surface area contributed by atoms with E-state index in [1.165, 1.54) is 52.8 Å². The van der Waals surface area contributed by atoms with Gasteiger partial charge >= 0.3 is 18.5 Å².